The highest BCUT2D eigenvalue weighted by atomic mass is 32.2. The predicted molar refractivity (Wildman–Crippen MR) is 297 cm³/mol. The molecule has 3 nitrogen and oxygen atoms in total. The molecule has 0 spiro atoms. The van der Waals surface area contributed by atoms with Crippen LogP contribution in [0.4, 0.5) is 28.4 Å². The molecule has 2 aliphatic carbocycles. The minimum absolute atomic E-state index is 0.0350. The van der Waals surface area contributed by atoms with Crippen molar-refractivity contribution in [3.63, 3.8) is 0 Å². The largest absolute Gasteiger partial charge is 0.455 e. The van der Waals surface area contributed by atoms with Gasteiger partial charge in [0.05, 0.1) is 9.79 Å². The van der Waals surface area contributed by atoms with Crippen molar-refractivity contribution in [1.82, 2.24) is 0 Å². The Morgan fingerprint density at radius 3 is 2.00 bits per heavy atom. The molecule has 0 unspecified atom stereocenters. The van der Waals surface area contributed by atoms with Crippen LogP contribution in [-0.4, -0.2) is 6.85 Å². The summed E-state index contributed by atoms with van der Waals surface area (Å²) in [5, 5.41) is 0. The summed E-state index contributed by atoms with van der Waals surface area (Å²) in [5.74, 6) is 1.82. The van der Waals surface area contributed by atoms with Crippen LogP contribution in [0.2, 0.25) is 0 Å². The van der Waals surface area contributed by atoms with E-state index in [1.54, 1.807) is 0 Å². The Balaban J connectivity index is 1.18. The fourth-order valence-electron chi connectivity index (χ4n) is 12.9. The van der Waals surface area contributed by atoms with Crippen LogP contribution in [0.1, 0.15) is 114 Å². The van der Waals surface area contributed by atoms with Gasteiger partial charge < -0.3 is 14.4 Å². The number of aryl methyl sites for hydroxylation is 2. The van der Waals surface area contributed by atoms with Crippen molar-refractivity contribution in [3.8, 4) is 44.9 Å². The normalized spacial score (nSPS) is 17.0. The van der Waals surface area contributed by atoms with Gasteiger partial charge in [0.25, 0.3) is 0 Å². The van der Waals surface area contributed by atoms with Crippen molar-refractivity contribution in [2.45, 2.75) is 120 Å². The van der Waals surface area contributed by atoms with E-state index in [9.17, 15) is 0 Å². The van der Waals surface area contributed by atoms with Gasteiger partial charge in [0, 0.05) is 45.0 Å². The highest BCUT2D eigenvalue weighted by molar-refractivity contribution is 7.99. The first-order valence-electron chi connectivity index (χ1n) is 25.4. The first-order chi connectivity index (χ1) is 33.4. The third-order valence-corrected chi connectivity index (χ3v) is 18.0. The molecule has 0 atom stereocenters. The number of nitrogens with zero attached hydrogens (tertiary/aromatic N) is 2. The van der Waals surface area contributed by atoms with Gasteiger partial charge in [-0.2, -0.15) is 0 Å². The topological polar surface area (TPSA) is 15.7 Å². The molecule has 70 heavy (non-hydrogen) atoms. The molecule has 0 saturated carbocycles. The molecule has 13 rings (SSSR count). The molecule has 0 N–H and O–H groups in total. The van der Waals surface area contributed by atoms with Crippen LogP contribution in [0, 0.1) is 13.8 Å². The second-order valence-corrected chi connectivity index (χ2v) is 24.8. The van der Waals surface area contributed by atoms with E-state index in [2.05, 4.69) is 231 Å². The Labute approximate surface area is 420 Å². The van der Waals surface area contributed by atoms with Crippen LogP contribution in [0.5, 0.6) is 11.5 Å². The minimum Gasteiger partial charge on any atom is -0.455 e. The third kappa shape index (κ3) is 6.22. The van der Waals surface area contributed by atoms with Crippen LogP contribution >= 0.6 is 11.8 Å². The zero-order valence-electron chi connectivity index (χ0n) is 42.6. The van der Waals surface area contributed by atoms with E-state index in [1.165, 1.54) is 118 Å². The number of hydrogen-bond donors (Lipinski definition) is 0. The fraction of sp³-hybridized carbons (Fsp3) is 0.262. The number of rotatable bonds is 3. The zero-order valence-corrected chi connectivity index (χ0v) is 43.4. The average Bonchev–Trinajstić information content (AvgIpc) is 3.57. The van der Waals surface area contributed by atoms with Gasteiger partial charge in [0.15, 0.2) is 0 Å². The van der Waals surface area contributed by atoms with Crippen molar-refractivity contribution >= 4 is 58.0 Å². The molecule has 0 saturated heterocycles. The number of benzene rings is 8. The maximum Gasteiger partial charge on any atom is 0.333 e. The molecular formula is C65H61BN2OS. The van der Waals surface area contributed by atoms with E-state index in [0.717, 1.165) is 27.7 Å². The van der Waals surface area contributed by atoms with Crippen molar-refractivity contribution in [1.29, 1.82) is 0 Å². The molecule has 3 aliphatic heterocycles. The van der Waals surface area contributed by atoms with E-state index >= 15 is 0 Å². The van der Waals surface area contributed by atoms with Gasteiger partial charge in [-0.1, -0.05) is 165 Å². The Morgan fingerprint density at radius 1 is 0.529 bits per heavy atom. The summed E-state index contributed by atoms with van der Waals surface area (Å²) >= 11 is 1.82. The summed E-state index contributed by atoms with van der Waals surface area (Å²) in [4.78, 5) is 7.67. The Kier molecular flexibility index (Phi) is 9.22. The van der Waals surface area contributed by atoms with E-state index in [4.69, 9.17) is 4.74 Å². The van der Waals surface area contributed by atoms with Gasteiger partial charge in [-0.05, 0) is 170 Å². The summed E-state index contributed by atoms with van der Waals surface area (Å²) in [6.07, 6.45) is 2.33. The Morgan fingerprint density at radius 2 is 1.23 bits per heavy atom. The maximum absolute atomic E-state index is 7.00. The van der Waals surface area contributed by atoms with E-state index in [0.29, 0.717) is 0 Å². The van der Waals surface area contributed by atoms with Crippen LogP contribution in [0.25, 0.3) is 33.4 Å². The smallest absolute Gasteiger partial charge is 0.333 e. The lowest BCUT2D eigenvalue weighted by Crippen LogP contribution is -2.62. The van der Waals surface area contributed by atoms with Crippen molar-refractivity contribution in [2.75, 3.05) is 9.71 Å². The van der Waals surface area contributed by atoms with Crippen LogP contribution < -0.4 is 25.4 Å². The molecule has 8 aromatic rings. The first kappa shape index (κ1) is 43.6. The van der Waals surface area contributed by atoms with E-state index < -0.39 is 0 Å². The summed E-state index contributed by atoms with van der Waals surface area (Å²) in [7, 11) is 0. The standard InChI is InChI=1S/C65H61BN2OS/c1-38-31-44-60-51(28-26-46-59(60)42-21-15-16-22-45(42)65(46,10)11)68(50-27-25-41(62(3,4)5)34-43(50)40-19-13-12-14-20-40)66-49-36-56-58(70-57-24-18-17-23-55(57)69-56)37-53(49)67(54(32-38)61(44)66)52-35-48-47(33-39(52)2)63(6,7)29-30-64(48,8)9/h12-28,31-37H,29-30H2,1-11H3. The summed E-state index contributed by atoms with van der Waals surface area (Å²) < 4.78 is 7.00. The fourth-order valence-corrected chi connectivity index (χ4v) is 13.9. The van der Waals surface area contributed by atoms with E-state index in [-0.39, 0.29) is 28.5 Å². The number of fused-ring (bicyclic) bond motifs is 11. The van der Waals surface area contributed by atoms with Crippen LogP contribution in [-0.2, 0) is 21.7 Å². The number of ether oxygens (including phenoxy) is 1. The molecule has 0 bridgehead atoms. The summed E-state index contributed by atoms with van der Waals surface area (Å²) in [6, 6.07) is 56.0. The summed E-state index contributed by atoms with van der Waals surface area (Å²) in [5.41, 5.74) is 26.0. The van der Waals surface area contributed by atoms with Gasteiger partial charge in [-0.3, -0.25) is 0 Å². The quantitative estimate of drug-likeness (QED) is 0.164. The average molecular weight is 929 g/mol. The molecule has 8 aromatic carbocycles. The van der Waals surface area contributed by atoms with Crippen LogP contribution in [0.3, 0.4) is 0 Å². The zero-order chi connectivity index (χ0) is 48.4. The molecule has 0 radical (unpaired) electrons. The second kappa shape index (κ2) is 14.8. The first-order valence-corrected chi connectivity index (χ1v) is 26.2. The van der Waals surface area contributed by atoms with Crippen molar-refractivity contribution < 1.29 is 4.74 Å². The molecular weight excluding hydrogens is 868 g/mol. The number of para-hydroxylation sites is 1. The lowest BCUT2D eigenvalue weighted by molar-refractivity contribution is 0.332. The lowest BCUT2D eigenvalue weighted by Gasteiger charge is -2.48. The van der Waals surface area contributed by atoms with Gasteiger partial charge >= 0.3 is 6.85 Å². The highest BCUT2D eigenvalue weighted by Gasteiger charge is 2.50. The molecule has 5 aliphatic rings. The molecule has 346 valence electrons. The summed E-state index contributed by atoms with van der Waals surface area (Å²) in [6.45, 7) is 26.1. The predicted octanol–water partition coefficient (Wildman–Crippen LogP) is 16.9. The maximum atomic E-state index is 7.00. The number of hydrogen-bond acceptors (Lipinski definition) is 4. The highest BCUT2D eigenvalue weighted by Crippen LogP contribution is 2.59. The van der Waals surface area contributed by atoms with Gasteiger partial charge in [0.2, 0.25) is 0 Å². The SMILES string of the molecule is Cc1cc2c3c(c1)N(c1cc4c(cc1C)C(C)(C)CCC4(C)C)c1cc4c(cc1B3N(c1ccc(C(C)(C)C)cc1-c1ccccc1)c1ccc3c(c1-2)-c1ccccc1C3(C)C)Oc1ccccc1S4. The molecule has 0 aromatic heterocycles. The number of anilines is 5. The Bertz CT molecular complexity index is 3560. The lowest BCUT2D eigenvalue weighted by atomic mass is 9.43. The van der Waals surface area contributed by atoms with Crippen molar-refractivity contribution in [3.05, 3.63) is 185 Å². The molecule has 0 fully saturated rings. The van der Waals surface area contributed by atoms with Crippen LogP contribution in [0.15, 0.2) is 155 Å². The van der Waals surface area contributed by atoms with Gasteiger partial charge in [0.1, 0.15) is 11.5 Å². The van der Waals surface area contributed by atoms with Gasteiger partial charge in [-0.15, -0.1) is 0 Å². The second-order valence-electron chi connectivity index (χ2n) is 23.7. The minimum atomic E-state index is -0.195. The molecule has 0 amide bonds. The van der Waals surface area contributed by atoms with Crippen molar-refractivity contribution in [2.24, 2.45) is 0 Å². The molecule has 5 heteroatoms. The Hall–Kier alpha value is -6.43. The third-order valence-electron chi connectivity index (χ3n) is 16.9. The van der Waals surface area contributed by atoms with Gasteiger partial charge in [-0.25, -0.2) is 0 Å². The molecule has 3 heterocycles. The van der Waals surface area contributed by atoms with E-state index in [1.807, 2.05) is 11.8 Å². The monoisotopic (exact) mass is 928 g/mol.